The number of rotatable bonds is 7. The molecule has 0 unspecified atom stereocenters. The average Bonchev–Trinajstić information content (AvgIpc) is 3.04. The van der Waals surface area contributed by atoms with Crippen molar-refractivity contribution >= 4 is 49.7 Å². The standard InChI is InChI=1S/C20H23ClN2O5S2/c1-3-9-23-10-8-15-16(11-23)29-19(18(15)20(25)28-2)22-17(24)12-30(26,27)14-6-4-13(21)5-7-14/h4-7H,3,8-12H2,1-2H3,(H,22,24). The van der Waals surface area contributed by atoms with Gasteiger partial charge >= 0.3 is 5.97 Å². The summed E-state index contributed by atoms with van der Waals surface area (Å²) in [6.07, 6.45) is 1.70. The van der Waals surface area contributed by atoms with Crippen LogP contribution in [0.1, 0.15) is 34.1 Å². The van der Waals surface area contributed by atoms with Crippen LogP contribution in [0.4, 0.5) is 5.00 Å². The third kappa shape index (κ3) is 5.03. The number of esters is 1. The van der Waals surface area contributed by atoms with Crippen LogP contribution in [0.3, 0.4) is 0 Å². The lowest BCUT2D eigenvalue weighted by Crippen LogP contribution is -2.30. The Morgan fingerprint density at radius 1 is 1.27 bits per heavy atom. The van der Waals surface area contributed by atoms with E-state index >= 15 is 0 Å². The number of hydrogen-bond donors (Lipinski definition) is 1. The van der Waals surface area contributed by atoms with E-state index in [1.807, 2.05) is 0 Å². The number of anilines is 1. The van der Waals surface area contributed by atoms with Gasteiger partial charge in [0, 0.05) is 23.0 Å². The molecule has 0 saturated heterocycles. The van der Waals surface area contributed by atoms with Crippen molar-refractivity contribution in [2.45, 2.75) is 31.2 Å². The molecule has 10 heteroatoms. The quantitative estimate of drug-likeness (QED) is 0.623. The van der Waals surface area contributed by atoms with Crippen LogP contribution in [0.15, 0.2) is 29.2 Å². The van der Waals surface area contributed by atoms with E-state index in [0.29, 0.717) is 28.6 Å². The summed E-state index contributed by atoms with van der Waals surface area (Å²) < 4.78 is 30.0. The second-order valence-electron chi connectivity index (χ2n) is 6.99. The molecule has 1 amide bonds. The molecule has 162 valence electrons. The first-order valence-corrected chi connectivity index (χ1v) is 12.3. The van der Waals surface area contributed by atoms with Gasteiger partial charge in [-0.05, 0) is 49.2 Å². The Kier molecular flexibility index (Phi) is 7.18. The summed E-state index contributed by atoms with van der Waals surface area (Å²) in [5, 5.41) is 3.36. The highest BCUT2D eigenvalue weighted by molar-refractivity contribution is 7.92. The largest absolute Gasteiger partial charge is 0.465 e. The summed E-state index contributed by atoms with van der Waals surface area (Å²) in [6.45, 7) is 4.57. The molecular formula is C20H23ClN2O5S2. The Labute approximate surface area is 184 Å². The first-order chi connectivity index (χ1) is 14.2. The predicted molar refractivity (Wildman–Crippen MR) is 117 cm³/mol. The molecule has 7 nitrogen and oxygen atoms in total. The lowest BCUT2D eigenvalue weighted by atomic mass is 10.0. The molecule has 0 saturated carbocycles. The molecule has 1 N–H and O–H groups in total. The fourth-order valence-corrected chi connectivity index (χ4v) is 5.99. The molecule has 0 spiro atoms. The number of benzene rings is 1. The maximum atomic E-state index is 12.5. The zero-order chi connectivity index (χ0) is 21.9. The number of carbonyl (C=O) groups excluding carboxylic acids is 2. The van der Waals surface area contributed by atoms with Crippen LogP contribution in [0.5, 0.6) is 0 Å². The fraction of sp³-hybridized carbons (Fsp3) is 0.400. The highest BCUT2D eigenvalue weighted by atomic mass is 35.5. The van der Waals surface area contributed by atoms with Crippen LogP contribution in [-0.4, -0.2) is 51.1 Å². The highest BCUT2D eigenvalue weighted by Gasteiger charge is 2.30. The number of sulfone groups is 1. The van der Waals surface area contributed by atoms with E-state index in [1.54, 1.807) is 0 Å². The number of hydrogen-bond acceptors (Lipinski definition) is 7. The van der Waals surface area contributed by atoms with E-state index < -0.39 is 27.5 Å². The molecule has 0 fully saturated rings. The first kappa shape index (κ1) is 22.7. The molecule has 1 aromatic carbocycles. The lowest BCUT2D eigenvalue weighted by Gasteiger charge is -2.26. The van der Waals surface area contributed by atoms with Crippen molar-refractivity contribution in [1.29, 1.82) is 0 Å². The molecule has 1 aliphatic heterocycles. The fourth-order valence-electron chi connectivity index (χ4n) is 3.43. The van der Waals surface area contributed by atoms with Crippen LogP contribution in [0.2, 0.25) is 5.02 Å². The number of carbonyl (C=O) groups is 2. The Morgan fingerprint density at radius 2 is 1.97 bits per heavy atom. The van der Waals surface area contributed by atoms with E-state index in [2.05, 4.69) is 17.1 Å². The Morgan fingerprint density at radius 3 is 2.60 bits per heavy atom. The molecule has 1 aliphatic rings. The SMILES string of the molecule is CCCN1CCc2c(sc(NC(=O)CS(=O)(=O)c3ccc(Cl)cc3)c2C(=O)OC)C1. The third-order valence-electron chi connectivity index (χ3n) is 4.81. The van der Waals surface area contributed by atoms with Crippen LogP contribution in [0, 0.1) is 0 Å². The molecule has 0 atom stereocenters. The number of amides is 1. The molecule has 1 aromatic heterocycles. The van der Waals surface area contributed by atoms with Crippen molar-refractivity contribution in [3.63, 3.8) is 0 Å². The van der Waals surface area contributed by atoms with Gasteiger partial charge in [-0.15, -0.1) is 11.3 Å². The van der Waals surface area contributed by atoms with E-state index in [1.165, 1.54) is 42.7 Å². The Bertz CT molecular complexity index is 1050. The number of methoxy groups -OCH3 is 1. The van der Waals surface area contributed by atoms with Crippen molar-refractivity contribution < 1.29 is 22.7 Å². The van der Waals surface area contributed by atoms with Crippen LogP contribution >= 0.6 is 22.9 Å². The van der Waals surface area contributed by atoms with Gasteiger partial charge in [0.05, 0.1) is 17.6 Å². The summed E-state index contributed by atoms with van der Waals surface area (Å²) >= 11 is 7.10. The van der Waals surface area contributed by atoms with Gasteiger partial charge in [0.25, 0.3) is 0 Å². The maximum Gasteiger partial charge on any atom is 0.341 e. The monoisotopic (exact) mass is 470 g/mol. The van der Waals surface area contributed by atoms with E-state index in [4.69, 9.17) is 16.3 Å². The molecule has 2 heterocycles. The molecule has 0 bridgehead atoms. The topological polar surface area (TPSA) is 92.8 Å². The zero-order valence-electron chi connectivity index (χ0n) is 16.7. The minimum absolute atomic E-state index is 0.0101. The summed E-state index contributed by atoms with van der Waals surface area (Å²) in [4.78, 5) is 28.2. The van der Waals surface area contributed by atoms with Gasteiger partial charge in [-0.2, -0.15) is 0 Å². The third-order valence-corrected chi connectivity index (χ3v) is 7.83. The number of nitrogens with zero attached hydrogens (tertiary/aromatic N) is 1. The van der Waals surface area contributed by atoms with Crippen LogP contribution in [0.25, 0.3) is 0 Å². The maximum absolute atomic E-state index is 12.5. The number of fused-ring (bicyclic) bond motifs is 1. The number of nitrogens with one attached hydrogen (secondary N) is 1. The van der Waals surface area contributed by atoms with Gasteiger partial charge in [0.1, 0.15) is 10.8 Å². The Hall–Kier alpha value is -1.94. The lowest BCUT2D eigenvalue weighted by molar-refractivity contribution is -0.113. The summed E-state index contributed by atoms with van der Waals surface area (Å²) in [7, 11) is -2.56. The molecule has 0 aliphatic carbocycles. The van der Waals surface area contributed by atoms with Crippen molar-refractivity contribution in [1.82, 2.24) is 4.90 Å². The van der Waals surface area contributed by atoms with Gasteiger partial charge in [0.2, 0.25) is 5.91 Å². The Balaban J connectivity index is 1.82. The van der Waals surface area contributed by atoms with E-state index in [0.717, 1.165) is 30.0 Å². The van der Waals surface area contributed by atoms with Gasteiger partial charge < -0.3 is 10.1 Å². The van der Waals surface area contributed by atoms with Gasteiger partial charge in [-0.1, -0.05) is 18.5 Å². The normalized spacial score (nSPS) is 14.2. The average molecular weight is 471 g/mol. The minimum Gasteiger partial charge on any atom is -0.465 e. The number of halogens is 1. The van der Waals surface area contributed by atoms with Gasteiger partial charge in [0.15, 0.2) is 9.84 Å². The zero-order valence-corrected chi connectivity index (χ0v) is 19.1. The van der Waals surface area contributed by atoms with Crippen molar-refractivity contribution in [3.05, 3.63) is 45.3 Å². The molecule has 2 aromatic rings. The molecule has 0 radical (unpaired) electrons. The summed E-state index contributed by atoms with van der Waals surface area (Å²) in [5.41, 5.74) is 1.20. The summed E-state index contributed by atoms with van der Waals surface area (Å²) in [6, 6.07) is 5.63. The molecule has 30 heavy (non-hydrogen) atoms. The van der Waals surface area contributed by atoms with Crippen molar-refractivity contribution in [2.24, 2.45) is 0 Å². The van der Waals surface area contributed by atoms with E-state index in [9.17, 15) is 18.0 Å². The highest BCUT2D eigenvalue weighted by Crippen LogP contribution is 2.37. The smallest absolute Gasteiger partial charge is 0.341 e. The van der Waals surface area contributed by atoms with Gasteiger partial charge in [-0.3, -0.25) is 9.69 Å². The van der Waals surface area contributed by atoms with E-state index in [-0.39, 0.29) is 4.90 Å². The van der Waals surface area contributed by atoms with Crippen molar-refractivity contribution in [2.75, 3.05) is 31.3 Å². The second kappa shape index (κ2) is 9.47. The minimum atomic E-state index is -3.84. The molecular weight excluding hydrogens is 448 g/mol. The van der Waals surface area contributed by atoms with Crippen LogP contribution < -0.4 is 5.32 Å². The number of ether oxygens (including phenoxy) is 1. The predicted octanol–water partition coefficient (Wildman–Crippen LogP) is 3.37. The molecule has 3 rings (SSSR count). The van der Waals surface area contributed by atoms with Crippen LogP contribution in [-0.2, 0) is 32.3 Å². The summed E-state index contributed by atoms with van der Waals surface area (Å²) in [5.74, 6) is -1.98. The van der Waals surface area contributed by atoms with Crippen molar-refractivity contribution in [3.8, 4) is 0 Å². The number of thiophene rings is 1. The second-order valence-corrected chi connectivity index (χ2v) is 10.5. The van der Waals surface area contributed by atoms with Gasteiger partial charge in [-0.25, -0.2) is 13.2 Å². The first-order valence-electron chi connectivity index (χ1n) is 9.48.